The Bertz CT molecular complexity index is 1100. The molecule has 1 aromatic heterocycles. The standard InChI is InChI=1S/C29H31NO3/c1-3-20-30(21-23-12-10-11-17-27(23)32-2)22-26-18-19-28(33-26)29(31,24-13-6-4-7-14-24)25-15-8-5-9-16-25/h4-19,31H,3,20-22H2,1-2H3. The van der Waals surface area contributed by atoms with Crippen molar-refractivity contribution in [2.24, 2.45) is 0 Å². The van der Waals surface area contributed by atoms with Crippen molar-refractivity contribution in [1.82, 2.24) is 4.90 Å². The van der Waals surface area contributed by atoms with Crippen LogP contribution in [0.5, 0.6) is 5.75 Å². The molecule has 0 aliphatic rings. The summed E-state index contributed by atoms with van der Waals surface area (Å²) in [7, 11) is 1.70. The molecule has 170 valence electrons. The molecular weight excluding hydrogens is 410 g/mol. The minimum Gasteiger partial charge on any atom is -0.496 e. The fourth-order valence-corrected chi connectivity index (χ4v) is 4.29. The third kappa shape index (κ3) is 5.03. The van der Waals surface area contributed by atoms with Crippen LogP contribution < -0.4 is 4.74 Å². The summed E-state index contributed by atoms with van der Waals surface area (Å²) in [6, 6.07) is 31.3. The average molecular weight is 442 g/mol. The lowest BCUT2D eigenvalue weighted by atomic mass is 9.84. The Morgan fingerprint density at radius 3 is 2.00 bits per heavy atom. The zero-order valence-corrected chi connectivity index (χ0v) is 19.3. The van der Waals surface area contributed by atoms with Gasteiger partial charge in [-0.05, 0) is 42.3 Å². The Kier molecular flexibility index (Phi) is 7.28. The van der Waals surface area contributed by atoms with E-state index in [1.807, 2.05) is 91.0 Å². The molecule has 0 bridgehead atoms. The van der Waals surface area contributed by atoms with Crippen molar-refractivity contribution in [3.63, 3.8) is 0 Å². The lowest BCUT2D eigenvalue weighted by Gasteiger charge is -2.27. The zero-order chi connectivity index (χ0) is 23.1. The lowest BCUT2D eigenvalue weighted by Crippen LogP contribution is -2.28. The molecule has 0 saturated carbocycles. The number of furan rings is 1. The summed E-state index contributed by atoms with van der Waals surface area (Å²) in [5, 5.41) is 12.0. The molecule has 0 amide bonds. The Morgan fingerprint density at radius 2 is 1.39 bits per heavy atom. The van der Waals surface area contributed by atoms with Gasteiger partial charge in [-0.15, -0.1) is 0 Å². The number of para-hydroxylation sites is 1. The molecule has 0 radical (unpaired) electrons. The van der Waals surface area contributed by atoms with Crippen molar-refractivity contribution in [2.45, 2.75) is 32.0 Å². The van der Waals surface area contributed by atoms with E-state index >= 15 is 0 Å². The van der Waals surface area contributed by atoms with Crippen LogP contribution in [-0.2, 0) is 18.7 Å². The van der Waals surface area contributed by atoms with Crippen LogP contribution in [-0.4, -0.2) is 23.7 Å². The number of ether oxygens (including phenoxy) is 1. The summed E-state index contributed by atoms with van der Waals surface area (Å²) >= 11 is 0. The van der Waals surface area contributed by atoms with E-state index in [9.17, 15) is 5.11 Å². The first-order valence-electron chi connectivity index (χ1n) is 11.4. The van der Waals surface area contributed by atoms with Crippen LogP contribution in [0.15, 0.2) is 101 Å². The molecular formula is C29H31NO3. The van der Waals surface area contributed by atoms with Gasteiger partial charge in [0.2, 0.25) is 0 Å². The number of methoxy groups -OCH3 is 1. The fraction of sp³-hybridized carbons (Fsp3) is 0.241. The third-order valence-corrected chi connectivity index (χ3v) is 5.91. The normalized spacial score (nSPS) is 11.6. The molecule has 4 aromatic rings. The first kappa shape index (κ1) is 22.8. The van der Waals surface area contributed by atoms with Crippen LogP contribution in [0.4, 0.5) is 0 Å². The first-order valence-corrected chi connectivity index (χ1v) is 11.4. The summed E-state index contributed by atoms with van der Waals surface area (Å²) in [5.41, 5.74) is 1.33. The van der Waals surface area contributed by atoms with Gasteiger partial charge in [-0.2, -0.15) is 0 Å². The number of rotatable bonds is 10. The van der Waals surface area contributed by atoms with Crippen molar-refractivity contribution < 1.29 is 14.3 Å². The molecule has 0 unspecified atom stereocenters. The van der Waals surface area contributed by atoms with Crippen LogP contribution in [0.25, 0.3) is 0 Å². The molecule has 0 spiro atoms. The van der Waals surface area contributed by atoms with E-state index in [0.717, 1.165) is 47.7 Å². The summed E-state index contributed by atoms with van der Waals surface area (Å²) in [6.07, 6.45) is 1.03. The van der Waals surface area contributed by atoms with Crippen molar-refractivity contribution in [2.75, 3.05) is 13.7 Å². The highest BCUT2D eigenvalue weighted by Gasteiger charge is 2.37. The number of aliphatic hydroxyl groups is 1. The van der Waals surface area contributed by atoms with Gasteiger partial charge in [0, 0.05) is 12.1 Å². The largest absolute Gasteiger partial charge is 0.496 e. The Balaban J connectivity index is 1.63. The van der Waals surface area contributed by atoms with Gasteiger partial charge in [0.05, 0.1) is 13.7 Å². The van der Waals surface area contributed by atoms with Crippen LogP contribution in [0, 0.1) is 0 Å². The predicted molar refractivity (Wildman–Crippen MR) is 131 cm³/mol. The highest BCUT2D eigenvalue weighted by Crippen LogP contribution is 2.37. The maximum absolute atomic E-state index is 12.0. The third-order valence-electron chi connectivity index (χ3n) is 5.91. The first-order chi connectivity index (χ1) is 16.1. The maximum atomic E-state index is 12.0. The van der Waals surface area contributed by atoms with Crippen LogP contribution in [0.2, 0.25) is 0 Å². The molecule has 1 heterocycles. The van der Waals surface area contributed by atoms with E-state index in [1.54, 1.807) is 7.11 Å². The second-order valence-corrected chi connectivity index (χ2v) is 8.23. The molecule has 4 nitrogen and oxygen atoms in total. The molecule has 0 aliphatic heterocycles. The number of hydrogen-bond acceptors (Lipinski definition) is 4. The summed E-state index contributed by atoms with van der Waals surface area (Å²) in [5.74, 6) is 2.23. The summed E-state index contributed by atoms with van der Waals surface area (Å²) < 4.78 is 11.8. The minimum absolute atomic E-state index is 0.517. The van der Waals surface area contributed by atoms with Gasteiger partial charge in [0.25, 0.3) is 0 Å². The average Bonchev–Trinajstić information content (AvgIpc) is 3.34. The molecule has 0 aliphatic carbocycles. The Labute approximate surface area is 196 Å². The summed E-state index contributed by atoms with van der Waals surface area (Å²) in [4.78, 5) is 2.34. The Hall–Kier alpha value is -3.34. The van der Waals surface area contributed by atoms with Gasteiger partial charge < -0.3 is 14.3 Å². The molecule has 0 atom stereocenters. The highest BCUT2D eigenvalue weighted by molar-refractivity contribution is 5.43. The van der Waals surface area contributed by atoms with Crippen LogP contribution in [0.1, 0.15) is 41.6 Å². The summed E-state index contributed by atoms with van der Waals surface area (Å²) in [6.45, 7) is 4.50. The van der Waals surface area contributed by atoms with E-state index in [2.05, 4.69) is 17.9 Å². The van der Waals surface area contributed by atoms with Gasteiger partial charge in [-0.25, -0.2) is 0 Å². The van der Waals surface area contributed by atoms with Crippen molar-refractivity contribution in [3.8, 4) is 5.75 Å². The van der Waals surface area contributed by atoms with Crippen molar-refractivity contribution in [3.05, 3.63) is 125 Å². The fourth-order valence-electron chi connectivity index (χ4n) is 4.29. The lowest BCUT2D eigenvalue weighted by molar-refractivity contribution is 0.0952. The van der Waals surface area contributed by atoms with Gasteiger partial charge in [0.15, 0.2) is 5.60 Å². The molecule has 3 aromatic carbocycles. The quantitative estimate of drug-likeness (QED) is 0.329. The van der Waals surface area contributed by atoms with Gasteiger partial charge in [-0.1, -0.05) is 85.8 Å². The van der Waals surface area contributed by atoms with E-state index < -0.39 is 5.60 Å². The topological polar surface area (TPSA) is 45.8 Å². The number of hydrogen-bond donors (Lipinski definition) is 1. The smallest absolute Gasteiger partial charge is 0.173 e. The van der Waals surface area contributed by atoms with Crippen LogP contribution in [0.3, 0.4) is 0 Å². The second-order valence-electron chi connectivity index (χ2n) is 8.23. The highest BCUT2D eigenvalue weighted by atomic mass is 16.5. The molecule has 4 rings (SSSR count). The van der Waals surface area contributed by atoms with E-state index in [1.165, 1.54) is 0 Å². The van der Waals surface area contributed by atoms with Gasteiger partial charge >= 0.3 is 0 Å². The van der Waals surface area contributed by atoms with Crippen molar-refractivity contribution in [1.29, 1.82) is 0 Å². The minimum atomic E-state index is -1.36. The number of nitrogens with zero attached hydrogens (tertiary/aromatic N) is 1. The second kappa shape index (κ2) is 10.5. The zero-order valence-electron chi connectivity index (χ0n) is 19.3. The molecule has 0 fully saturated rings. The molecule has 4 heteroatoms. The van der Waals surface area contributed by atoms with E-state index in [4.69, 9.17) is 9.15 Å². The predicted octanol–water partition coefficient (Wildman–Crippen LogP) is 5.98. The van der Waals surface area contributed by atoms with Crippen LogP contribution >= 0.6 is 0 Å². The monoisotopic (exact) mass is 441 g/mol. The molecule has 33 heavy (non-hydrogen) atoms. The van der Waals surface area contributed by atoms with Gasteiger partial charge in [-0.3, -0.25) is 4.90 Å². The Morgan fingerprint density at radius 1 is 0.788 bits per heavy atom. The number of benzene rings is 3. The molecule has 0 saturated heterocycles. The SMILES string of the molecule is CCCN(Cc1ccc(C(O)(c2ccccc2)c2ccccc2)o1)Cc1ccccc1OC. The van der Waals surface area contributed by atoms with E-state index in [0.29, 0.717) is 12.3 Å². The van der Waals surface area contributed by atoms with Crippen molar-refractivity contribution >= 4 is 0 Å². The molecule has 1 N–H and O–H groups in total. The van der Waals surface area contributed by atoms with Gasteiger partial charge in [0.1, 0.15) is 17.3 Å². The van der Waals surface area contributed by atoms with E-state index in [-0.39, 0.29) is 0 Å². The maximum Gasteiger partial charge on any atom is 0.173 e.